The fraction of sp³-hybridized carbons (Fsp3) is 0.700. The molecule has 7 heteroatoms. The van der Waals surface area contributed by atoms with E-state index >= 15 is 0 Å². The van der Waals surface area contributed by atoms with Gasteiger partial charge in [-0.1, -0.05) is 11.8 Å². The average Bonchev–Trinajstić information content (AvgIpc) is 2.71. The Hall–Kier alpha value is -1.08. The Morgan fingerprint density at radius 3 is 2.76 bits per heavy atom. The molecule has 2 N–H and O–H groups in total. The quantitative estimate of drug-likeness (QED) is 0.600. The predicted molar refractivity (Wildman–Crippen MR) is 65.5 cm³/mol. The van der Waals surface area contributed by atoms with E-state index in [1.54, 1.807) is 13.8 Å². The number of carbonyl (C=O) groups is 1. The van der Waals surface area contributed by atoms with E-state index in [4.69, 9.17) is 10.5 Å². The summed E-state index contributed by atoms with van der Waals surface area (Å²) in [4.78, 5) is 11.5. The van der Waals surface area contributed by atoms with Crippen molar-refractivity contribution in [1.82, 2.24) is 14.8 Å². The minimum absolute atomic E-state index is 0.238. The molecule has 0 amide bonds. The summed E-state index contributed by atoms with van der Waals surface area (Å²) in [6.45, 7) is 7.03. The lowest BCUT2D eigenvalue weighted by atomic mass is 10.5. The maximum atomic E-state index is 11.5. The van der Waals surface area contributed by atoms with Gasteiger partial charge in [0.2, 0.25) is 0 Å². The molecule has 0 radical (unpaired) electrons. The van der Waals surface area contributed by atoms with Crippen molar-refractivity contribution < 1.29 is 9.53 Å². The molecule has 0 aromatic carbocycles. The van der Waals surface area contributed by atoms with Gasteiger partial charge in [0.15, 0.2) is 5.16 Å². The van der Waals surface area contributed by atoms with Crippen LogP contribution in [0.15, 0.2) is 5.16 Å². The number of nitrogens with two attached hydrogens (primary N) is 1. The van der Waals surface area contributed by atoms with Gasteiger partial charge in [-0.3, -0.25) is 4.79 Å². The van der Waals surface area contributed by atoms with Crippen LogP contribution in [0.25, 0.3) is 0 Å². The molecule has 1 unspecified atom stereocenters. The van der Waals surface area contributed by atoms with E-state index in [2.05, 4.69) is 10.2 Å². The summed E-state index contributed by atoms with van der Waals surface area (Å²) < 4.78 is 6.84. The monoisotopic (exact) mass is 258 g/mol. The number of carbonyl (C=O) groups excluding carboxylic acids is 1. The minimum atomic E-state index is -0.296. The third-order valence-corrected chi connectivity index (χ3v) is 3.25. The van der Waals surface area contributed by atoms with Crippen LogP contribution in [0.5, 0.6) is 0 Å². The first-order valence-electron chi connectivity index (χ1n) is 5.59. The van der Waals surface area contributed by atoms with Crippen molar-refractivity contribution in [3.05, 3.63) is 5.82 Å². The smallest absolute Gasteiger partial charge is 0.319 e. The minimum Gasteiger partial charge on any atom is -0.465 e. The molecule has 0 bridgehead atoms. The van der Waals surface area contributed by atoms with Crippen molar-refractivity contribution in [2.45, 2.75) is 44.3 Å². The zero-order valence-electron chi connectivity index (χ0n) is 10.3. The maximum Gasteiger partial charge on any atom is 0.319 e. The second-order valence-electron chi connectivity index (χ2n) is 3.36. The number of rotatable bonds is 6. The van der Waals surface area contributed by atoms with Gasteiger partial charge in [-0.05, 0) is 20.8 Å². The highest BCUT2D eigenvalue weighted by atomic mass is 32.2. The van der Waals surface area contributed by atoms with Crippen LogP contribution in [0.1, 0.15) is 26.6 Å². The molecule has 0 aliphatic heterocycles. The van der Waals surface area contributed by atoms with Crippen molar-refractivity contribution in [3.63, 3.8) is 0 Å². The summed E-state index contributed by atoms with van der Waals surface area (Å²) in [5.41, 5.74) is 5.55. The van der Waals surface area contributed by atoms with Crippen LogP contribution in [0.2, 0.25) is 0 Å². The van der Waals surface area contributed by atoms with Crippen LogP contribution in [-0.4, -0.2) is 32.6 Å². The van der Waals surface area contributed by atoms with E-state index in [1.807, 2.05) is 11.5 Å². The van der Waals surface area contributed by atoms with E-state index < -0.39 is 0 Å². The topological polar surface area (TPSA) is 83.0 Å². The third-order valence-electron chi connectivity index (χ3n) is 2.19. The van der Waals surface area contributed by atoms with E-state index in [9.17, 15) is 4.79 Å². The molecule has 17 heavy (non-hydrogen) atoms. The van der Waals surface area contributed by atoms with Crippen LogP contribution >= 0.6 is 11.8 Å². The van der Waals surface area contributed by atoms with Gasteiger partial charge in [0.25, 0.3) is 0 Å². The van der Waals surface area contributed by atoms with Crippen LogP contribution in [0, 0.1) is 0 Å². The van der Waals surface area contributed by atoms with E-state index in [1.165, 1.54) is 11.8 Å². The molecule has 0 aliphatic carbocycles. The third kappa shape index (κ3) is 3.44. The Kier molecular flexibility index (Phi) is 5.43. The Bertz CT molecular complexity index is 380. The number of hydrogen-bond donors (Lipinski definition) is 1. The molecule has 1 aromatic heterocycles. The van der Waals surface area contributed by atoms with Crippen LogP contribution < -0.4 is 5.73 Å². The molecule has 1 rings (SSSR count). The molecule has 1 atom stereocenters. The van der Waals surface area contributed by atoms with Gasteiger partial charge in [0.1, 0.15) is 11.1 Å². The van der Waals surface area contributed by atoms with Crippen LogP contribution in [0.3, 0.4) is 0 Å². The van der Waals surface area contributed by atoms with Crippen LogP contribution in [-0.2, 0) is 22.6 Å². The first-order chi connectivity index (χ1) is 8.13. The Labute approximate surface area is 105 Å². The molecule has 0 aliphatic rings. The first-order valence-corrected chi connectivity index (χ1v) is 6.47. The number of hydrogen-bond acceptors (Lipinski definition) is 6. The number of thioether (sulfide) groups is 1. The zero-order valence-corrected chi connectivity index (χ0v) is 11.2. The predicted octanol–water partition coefficient (Wildman–Crippen LogP) is 0.800. The Balaban J connectivity index is 2.74. The Morgan fingerprint density at radius 1 is 1.53 bits per heavy atom. The molecule has 6 nitrogen and oxygen atoms in total. The lowest BCUT2D eigenvalue weighted by molar-refractivity contribution is -0.142. The normalized spacial score (nSPS) is 12.5. The van der Waals surface area contributed by atoms with E-state index in [-0.39, 0.29) is 11.2 Å². The molecule has 0 spiro atoms. The van der Waals surface area contributed by atoms with Crippen molar-refractivity contribution in [1.29, 1.82) is 0 Å². The largest absolute Gasteiger partial charge is 0.465 e. The van der Waals surface area contributed by atoms with Crippen molar-refractivity contribution in [2.75, 3.05) is 6.61 Å². The summed E-state index contributed by atoms with van der Waals surface area (Å²) in [6, 6.07) is 0. The molecule has 0 saturated heterocycles. The van der Waals surface area contributed by atoms with Gasteiger partial charge in [-0.25, -0.2) is 0 Å². The Morgan fingerprint density at radius 2 is 2.24 bits per heavy atom. The second-order valence-corrected chi connectivity index (χ2v) is 4.67. The van der Waals surface area contributed by atoms with Gasteiger partial charge >= 0.3 is 5.97 Å². The maximum absolute atomic E-state index is 11.5. The van der Waals surface area contributed by atoms with Crippen molar-refractivity contribution in [3.8, 4) is 0 Å². The van der Waals surface area contributed by atoms with Gasteiger partial charge < -0.3 is 15.0 Å². The second kappa shape index (κ2) is 6.61. The highest BCUT2D eigenvalue weighted by Crippen LogP contribution is 2.22. The summed E-state index contributed by atoms with van der Waals surface area (Å²) >= 11 is 1.34. The molecule has 0 fully saturated rings. The molecule has 0 saturated carbocycles. The molecular formula is C10H18N4O2S. The number of ether oxygens (including phenoxy) is 1. The summed E-state index contributed by atoms with van der Waals surface area (Å²) in [6.07, 6.45) is 0. The van der Waals surface area contributed by atoms with E-state index in [0.717, 1.165) is 12.4 Å². The first kappa shape index (κ1) is 14.0. The summed E-state index contributed by atoms with van der Waals surface area (Å²) in [5, 5.41) is 8.41. The molecular weight excluding hydrogens is 240 g/mol. The lowest BCUT2D eigenvalue weighted by Crippen LogP contribution is -2.18. The van der Waals surface area contributed by atoms with Crippen molar-refractivity contribution >= 4 is 17.7 Å². The molecule has 1 heterocycles. The number of aromatic nitrogens is 3. The van der Waals surface area contributed by atoms with Crippen molar-refractivity contribution in [2.24, 2.45) is 5.73 Å². The van der Waals surface area contributed by atoms with Gasteiger partial charge in [-0.15, -0.1) is 10.2 Å². The van der Waals surface area contributed by atoms with E-state index in [0.29, 0.717) is 18.3 Å². The van der Waals surface area contributed by atoms with Crippen LogP contribution in [0.4, 0.5) is 0 Å². The summed E-state index contributed by atoms with van der Waals surface area (Å²) in [5.74, 6) is 0.489. The SMILES string of the molecule is CCOC(=O)C(C)Sc1nnc(CN)n1CC. The molecule has 1 aromatic rings. The fourth-order valence-electron chi connectivity index (χ4n) is 1.34. The lowest BCUT2D eigenvalue weighted by Gasteiger charge is -2.10. The number of nitrogens with zero attached hydrogens (tertiary/aromatic N) is 3. The van der Waals surface area contributed by atoms with Gasteiger partial charge in [-0.2, -0.15) is 0 Å². The zero-order chi connectivity index (χ0) is 12.8. The van der Waals surface area contributed by atoms with Gasteiger partial charge in [0, 0.05) is 6.54 Å². The highest BCUT2D eigenvalue weighted by molar-refractivity contribution is 8.00. The average molecular weight is 258 g/mol. The molecule has 96 valence electrons. The summed E-state index contributed by atoms with van der Waals surface area (Å²) in [7, 11) is 0. The van der Waals surface area contributed by atoms with Gasteiger partial charge in [0.05, 0.1) is 13.2 Å². The fourth-order valence-corrected chi connectivity index (χ4v) is 2.27. The highest BCUT2D eigenvalue weighted by Gasteiger charge is 2.19. The number of esters is 1. The standard InChI is InChI=1S/C10H18N4O2S/c1-4-14-8(6-11)12-13-10(14)17-7(3)9(15)16-5-2/h7H,4-6,11H2,1-3H3.